The SMILES string of the molecule is CC1=NC(N2C[C@H]3CN(C(=O)C4=C5C=CC=CN5CC4C4=NC=CCC4F)C[C@H]3C2)Nc2ccoc21. The summed E-state index contributed by atoms with van der Waals surface area (Å²) in [6, 6.07) is 1.94. The average molecular weight is 489 g/mol. The van der Waals surface area contributed by atoms with Gasteiger partial charge in [-0.2, -0.15) is 0 Å². The van der Waals surface area contributed by atoms with Gasteiger partial charge in [-0.15, -0.1) is 0 Å². The number of rotatable bonds is 3. The van der Waals surface area contributed by atoms with Gasteiger partial charge in [-0.05, 0) is 30.9 Å². The average Bonchev–Trinajstić information content (AvgIpc) is 3.65. The highest BCUT2D eigenvalue weighted by molar-refractivity contribution is 6.06. The number of amides is 1. The zero-order valence-corrected chi connectivity index (χ0v) is 20.2. The molecule has 3 unspecified atom stereocenters. The predicted octanol–water partition coefficient (Wildman–Crippen LogP) is 3.15. The molecular weight excluding hydrogens is 459 g/mol. The fourth-order valence-corrected chi connectivity index (χ4v) is 6.53. The Hall–Kier alpha value is -3.46. The number of halogens is 1. The number of anilines is 1. The molecule has 36 heavy (non-hydrogen) atoms. The second-order valence-corrected chi connectivity index (χ2v) is 10.4. The Kier molecular flexibility index (Phi) is 5.02. The summed E-state index contributed by atoms with van der Waals surface area (Å²) in [6.07, 6.45) is 12.0. The molecule has 0 radical (unpaired) electrons. The Labute approximate surface area is 209 Å². The number of carbonyl (C=O) groups excluding carboxylic acids is 1. The van der Waals surface area contributed by atoms with E-state index in [0.29, 0.717) is 49.2 Å². The first-order valence-electron chi connectivity index (χ1n) is 12.7. The van der Waals surface area contributed by atoms with Gasteiger partial charge in [-0.1, -0.05) is 12.2 Å². The number of alkyl halides is 1. The van der Waals surface area contributed by atoms with Crippen LogP contribution in [0.5, 0.6) is 0 Å². The first-order valence-corrected chi connectivity index (χ1v) is 12.7. The molecule has 0 spiro atoms. The summed E-state index contributed by atoms with van der Waals surface area (Å²) in [5.41, 5.74) is 3.92. The van der Waals surface area contributed by atoms with Crippen LogP contribution in [0, 0.1) is 17.8 Å². The van der Waals surface area contributed by atoms with Gasteiger partial charge in [0.15, 0.2) is 12.0 Å². The van der Waals surface area contributed by atoms with Crippen LogP contribution in [0.15, 0.2) is 74.7 Å². The minimum absolute atomic E-state index is 0.0237. The van der Waals surface area contributed by atoms with Crippen LogP contribution < -0.4 is 5.32 Å². The predicted molar refractivity (Wildman–Crippen MR) is 135 cm³/mol. The minimum atomic E-state index is -1.15. The van der Waals surface area contributed by atoms with E-state index in [4.69, 9.17) is 9.41 Å². The van der Waals surface area contributed by atoms with Gasteiger partial charge in [0.25, 0.3) is 5.91 Å². The first kappa shape index (κ1) is 21.8. The van der Waals surface area contributed by atoms with Crippen molar-refractivity contribution in [1.82, 2.24) is 14.7 Å². The molecule has 186 valence electrons. The normalized spacial score (nSPS) is 32.9. The molecule has 5 atom stereocenters. The third-order valence-electron chi connectivity index (χ3n) is 8.27. The molecule has 1 aromatic rings. The molecule has 2 saturated heterocycles. The zero-order valence-electron chi connectivity index (χ0n) is 20.2. The van der Waals surface area contributed by atoms with E-state index in [-0.39, 0.29) is 18.1 Å². The van der Waals surface area contributed by atoms with Gasteiger partial charge in [-0.25, -0.2) is 9.38 Å². The third kappa shape index (κ3) is 3.40. The summed E-state index contributed by atoms with van der Waals surface area (Å²) >= 11 is 0. The van der Waals surface area contributed by atoms with Crippen molar-refractivity contribution in [2.24, 2.45) is 27.7 Å². The van der Waals surface area contributed by atoms with Crippen molar-refractivity contribution in [3.8, 4) is 0 Å². The van der Waals surface area contributed by atoms with Crippen LogP contribution in [0.2, 0.25) is 0 Å². The van der Waals surface area contributed by atoms with Crippen LogP contribution in [0.3, 0.4) is 0 Å². The lowest BCUT2D eigenvalue weighted by atomic mass is 9.89. The topological polar surface area (TPSA) is 76.7 Å². The van der Waals surface area contributed by atoms with E-state index in [0.717, 1.165) is 35.9 Å². The van der Waals surface area contributed by atoms with E-state index >= 15 is 0 Å². The highest BCUT2D eigenvalue weighted by Crippen LogP contribution is 2.39. The van der Waals surface area contributed by atoms with E-state index in [9.17, 15) is 9.18 Å². The highest BCUT2D eigenvalue weighted by Gasteiger charge is 2.47. The summed E-state index contributed by atoms with van der Waals surface area (Å²) in [4.78, 5) is 29.6. The quantitative estimate of drug-likeness (QED) is 0.708. The second kappa shape index (κ2) is 8.30. The van der Waals surface area contributed by atoms with Gasteiger partial charge in [0.05, 0.1) is 40.6 Å². The molecule has 0 saturated carbocycles. The maximum Gasteiger partial charge on any atom is 0.252 e. The van der Waals surface area contributed by atoms with Crippen molar-refractivity contribution < 1.29 is 13.6 Å². The molecule has 1 amide bonds. The smallest absolute Gasteiger partial charge is 0.252 e. The molecule has 9 heteroatoms. The Balaban J connectivity index is 1.09. The molecule has 8 nitrogen and oxygen atoms in total. The number of hydrogen-bond acceptors (Lipinski definition) is 7. The number of furan rings is 1. The Morgan fingerprint density at radius 1 is 1.17 bits per heavy atom. The molecule has 7 heterocycles. The van der Waals surface area contributed by atoms with Gasteiger partial charge < -0.3 is 19.5 Å². The van der Waals surface area contributed by atoms with Crippen molar-refractivity contribution in [3.05, 3.63) is 66.1 Å². The lowest BCUT2D eigenvalue weighted by Crippen LogP contribution is -2.43. The van der Waals surface area contributed by atoms with E-state index in [1.807, 2.05) is 42.3 Å². The van der Waals surface area contributed by atoms with Crippen molar-refractivity contribution in [1.29, 1.82) is 0 Å². The summed E-state index contributed by atoms with van der Waals surface area (Å²) in [6.45, 7) is 5.71. The number of carbonyl (C=O) groups is 1. The molecule has 2 fully saturated rings. The third-order valence-corrected chi connectivity index (χ3v) is 8.27. The number of nitrogens with one attached hydrogen (secondary N) is 1. The monoisotopic (exact) mass is 488 g/mol. The minimum Gasteiger partial charge on any atom is -0.461 e. The van der Waals surface area contributed by atoms with Crippen molar-refractivity contribution >= 4 is 23.0 Å². The maximum atomic E-state index is 14.9. The largest absolute Gasteiger partial charge is 0.461 e. The molecule has 1 N–H and O–H groups in total. The van der Waals surface area contributed by atoms with Crippen LogP contribution in [0.25, 0.3) is 0 Å². The highest BCUT2D eigenvalue weighted by atomic mass is 19.1. The molecule has 7 rings (SSSR count). The zero-order chi connectivity index (χ0) is 24.4. The van der Waals surface area contributed by atoms with E-state index < -0.39 is 6.17 Å². The van der Waals surface area contributed by atoms with E-state index in [1.54, 1.807) is 18.5 Å². The molecule has 0 aromatic carbocycles. The summed E-state index contributed by atoms with van der Waals surface area (Å²) < 4.78 is 20.4. The van der Waals surface area contributed by atoms with Crippen LogP contribution in [-0.2, 0) is 4.79 Å². The van der Waals surface area contributed by atoms with Gasteiger partial charge >= 0.3 is 0 Å². The number of nitrogens with zero attached hydrogens (tertiary/aromatic N) is 5. The van der Waals surface area contributed by atoms with E-state index in [1.165, 1.54) is 0 Å². The van der Waals surface area contributed by atoms with Crippen molar-refractivity contribution in [3.63, 3.8) is 0 Å². The maximum absolute atomic E-state index is 14.9. The molecule has 6 aliphatic heterocycles. The van der Waals surface area contributed by atoms with Gasteiger partial charge in [0, 0.05) is 57.6 Å². The molecule has 0 bridgehead atoms. The standard InChI is InChI=1S/C27H29FN6O2/c1-16-25-21(7-10-36-25)31-27(30-16)34-13-17-11-33(12-18(17)14-34)26(35)23-19(24-20(28)5-4-8-29-24)15-32-9-3-2-6-22(23)32/h2-4,6-10,17-20,27,31H,5,11-15H2,1H3/t17-,18+,19?,20?,27?. The summed E-state index contributed by atoms with van der Waals surface area (Å²) in [5, 5.41) is 3.48. The summed E-state index contributed by atoms with van der Waals surface area (Å²) in [7, 11) is 0. The molecular formula is C27H29FN6O2. The van der Waals surface area contributed by atoms with Crippen molar-refractivity contribution in [2.45, 2.75) is 25.8 Å². The Morgan fingerprint density at radius 2 is 2.00 bits per heavy atom. The number of likely N-dealkylation sites (tertiary alicyclic amines) is 2. The fraction of sp³-hybridized carbons (Fsp3) is 0.444. The van der Waals surface area contributed by atoms with Gasteiger partial charge in [0.1, 0.15) is 6.17 Å². The summed E-state index contributed by atoms with van der Waals surface area (Å²) in [5.74, 6) is 1.28. The van der Waals surface area contributed by atoms with Gasteiger partial charge in [0.2, 0.25) is 0 Å². The molecule has 1 aromatic heterocycles. The van der Waals surface area contributed by atoms with E-state index in [2.05, 4.69) is 20.1 Å². The lowest BCUT2D eigenvalue weighted by Gasteiger charge is -2.30. The Bertz CT molecular complexity index is 1270. The second-order valence-electron chi connectivity index (χ2n) is 10.4. The number of hydrogen-bond donors (Lipinski definition) is 1. The molecule has 6 aliphatic rings. The van der Waals surface area contributed by atoms with Crippen LogP contribution in [0.4, 0.5) is 10.1 Å². The lowest BCUT2D eigenvalue weighted by molar-refractivity contribution is -0.126. The fourth-order valence-electron chi connectivity index (χ4n) is 6.53. The van der Waals surface area contributed by atoms with Gasteiger partial charge in [-0.3, -0.25) is 14.7 Å². The van der Waals surface area contributed by atoms with Crippen LogP contribution in [-0.4, -0.2) is 77.2 Å². The van der Waals surface area contributed by atoms with Crippen LogP contribution >= 0.6 is 0 Å². The number of aliphatic imine (C=N–C) groups is 2. The number of fused-ring (bicyclic) bond motifs is 3. The number of allylic oxidation sites excluding steroid dienone is 4. The first-order chi connectivity index (χ1) is 17.6. The Morgan fingerprint density at radius 3 is 2.81 bits per heavy atom. The van der Waals surface area contributed by atoms with Crippen molar-refractivity contribution in [2.75, 3.05) is 38.0 Å². The van der Waals surface area contributed by atoms with Crippen LogP contribution in [0.1, 0.15) is 19.1 Å². The molecule has 0 aliphatic carbocycles.